The molecule has 5 nitrogen and oxygen atoms in total. The fraction of sp³-hybridized carbons (Fsp3) is 0.458. The summed E-state index contributed by atoms with van der Waals surface area (Å²) < 4.78 is 5.42. The van der Waals surface area contributed by atoms with Gasteiger partial charge in [-0.3, -0.25) is 0 Å². The first-order valence-electron chi connectivity index (χ1n) is 10.2. The van der Waals surface area contributed by atoms with Crippen molar-refractivity contribution in [1.82, 2.24) is 10.6 Å². The highest BCUT2D eigenvalue weighted by atomic mass is 16.6. The molecule has 29 heavy (non-hydrogen) atoms. The first kappa shape index (κ1) is 22.9. The Morgan fingerprint density at radius 3 is 1.97 bits per heavy atom. The highest BCUT2D eigenvalue weighted by Gasteiger charge is 2.25. The average Bonchev–Trinajstić information content (AvgIpc) is 2.66. The molecule has 1 unspecified atom stereocenters. The number of ether oxygens (including phenoxy) is 1. The van der Waals surface area contributed by atoms with Crippen LogP contribution in [0.5, 0.6) is 0 Å². The number of benzene rings is 2. The largest absolute Gasteiger partial charge is 0.444 e. The molecule has 0 fully saturated rings. The minimum absolute atomic E-state index is 0.115. The zero-order valence-corrected chi connectivity index (χ0v) is 17.9. The molecule has 0 aliphatic carbocycles. The number of hydrogen-bond donors (Lipinski definition) is 3. The summed E-state index contributed by atoms with van der Waals surface area (Å²) in [4.78, 5) is 12.3. The van der Waals surface area contributed by atoms with Gasteiger partial charge in [0, 0.05) is 12.1 Å². The van der Waals surface area contributed by atoms with Gasteiger partial charge in [-0.15, -0.1) is 0 Å². The molecule has 1 amide bonds. The van der Waals surface area contributed by atoms with Gasteiger partial charge < -0.3 is 20.5 Å². The molecular weight excluding hydrogens is 364 g/mol. The van der Waals surface area contributed by atoms with Crippen molar-refractivity contribution in [3.05, 3.63) is 71.8 Å². The lowest BCUT2D eigenvalue weighted by atomic mass is 9.94. The number of nitrogens with one attached hydrogen (secondary N) is 2. The second-order valence-corrected chi connectivity index (χ2v) is 8.42. The highest BCUT2D eigenvalue weighted by Crippen LogP contribution is 2.15. The molecule has 3 atom stereocenters. The van der Waals surface area contributed by atoms with E-state index in [2.05, 4.69) is 22.8 Å². The first-order chi connectivity index (χ1) is 13.8. The lowest BCUT2D eigenvalue weighted by molar-refractivity contribution is 0.0470. The maximum Gasteiger partial charge on any atom is 0.407 e. The van der Waals surface area contributed by atoms with E-state index in [-0.39, 0.29) is 12.1 Å². The number of carbonyl (C=O) groups is 1. The Morgan fingerprint density at radius 1 is 0.966 bits per heavy atom. The van der Waals surface area contributed by atoms with Crippen molar-refractivity contribution in [2.75, 3.05) is 7.05 Å². The fourth-order valence-electron chi connectivity index (χ4n) is 3.32. The minimum Gasteiger partial charge on any atom is -0.444 e. The van der Waals surface area contributed by atoms with Crippen LogP contribution in [0.2, 0.25) is 0 Å². The van der Waals surface area contributed by atoms with E-state index in [0.717, 1.165) is 11.1 Å². The van der Waals surface area contributed by atoms with E-state index < -0.39 is 17.8 Å². The van der Waals surface area contributed by atoms with Gasteiger partial charge in [-0.05, 0) is 58.2 Å². The van der Waals surface area contributed by atoms with Gasteiger partial charge in [0.25, 0.3) is 0 Å². The summed E-state index contributed by atoms with van der Waals surface area (Å²) in [6, 6.07) is 19.7. The lowest BCUT2D eigenvalue weighted by Gasteiger charge is -2.28. The van der Waals surface area contributed by atoms with E-state index in [4.69, 9.17) is 4.74 Å². The van der Waals surface area contributed by atoms with Crippen LogP contribution in [0.25, 0.3) is 0 Å². The summed E-state index contributed by atoms with van der Waals surface area (Å²) in [5.74, 6) is 0. The molecule has 3 N–H and O–H groups in total. The number of amides is 1. The van der Waals surface area contributed by atoms with Crippen LogP contribution >= 0.6 is 0 Å². The van der Waals surface area contributed by atoms with Crippen molar-refractivity contribution in [2.45, 2.75) is 63.8 Å². The Balaban J connectivity index is 2.06. The van der Waals surface area contributed by atoms with Gasteiger partial charge in [-0.2, -0.15) is 0 Å². The van der Waals surface area contributed by atoms with E-state index in [0.29, 0.717) is 19.3 Å². The van der Waals surface area contributed by atoms with Crippen LogP contribution in [0.3, 0.4) is 0 Å². The third kappa shape index (κ3) is 8.67. The molecule has 0 heterocycles. The maximum atomic E-state index is 12.3. The number of alkyl carbamates (subject to hydrolysis) is 1. The summed E-state index contributed by atoms with van der Waals surface area (Å²) in [6.07, 6.45) is 0.674. The number of aliphatic hydroxyl groups is 1. The predicted octanol–water partition coefficient (Wildman–Crippen LogP) is 3.70. The lowest BCUT2D eigenvalue weighted by Crippen LogP contribution is -2.46. The summed E-state index contributed by atoms with van der Waals surface area (Å²) >= 11 is 0. The quantitative estimate of drug-likeness (QED) is 0.602. The molecular formula is C24H34N2O3. The number of carbonyl (C=O) groups excluding carboxylic acids is 1. The van der Waals surface area contributed by atoms with E-state index in [1.54, 1.807) is 0 Å². The Hall–Kier alpha value is -2.37. The molecule has 0 bridgehead atoms. The van der Waals surface area contributed by atoms with Crippen molar-refractivity contribution in [1.29, 1.82) is 0 Å². The van der Waals surface area contributed by atoms with Gasteiger partial charge in [0.2, 0.25) is 0 Å². The second-order valence-electron chi connectivity index (χ2n) is 8.42. The van der Waals surface area contributed by atoms with Crippen molar-refractivity contribution < 1.29 is 14.6 Å². The summed E-state index contributed by atoms with van der Waals surface area (Å²) in [5, 5.41) is 17.1. The fourth-order valence-corrected chi connectivity index (χ4v) is 3.32. The van der Waals surface area contributed by atoms with Gasteiger partial charge in [0.1, 0.15) is 5.60 Å². The second kappa shape index (κ2) is 11.0. The zero-order valence-electron chi connectivity index (χ0n) is 17.9. The molecule has 0 aliphatic rings. The van der Waals surface area contributed by atoms with Crippen LogP contribution in [0.1, 0.15) is 38.3 Å². The third-order valence-electron chi connectivity index (χ3n) is 4.71. The number of hydrogen-bond acceptors (Lipinski definition) is 4. The van der Waals surface area contributed by atoms with Crippen LogP contribution in [0.15, 0.2) is 60.7 Å². The Labute approximate surface area is 174 Å². The van der Waals surface area contributed by atoms with Crippen molar-refractivity contribution in [3.8, 4) is 0 Å². The standard InChI is InChI=1S/C24H34N2O3/c1-24(2,3)29-23(28)26-20(15-18-11-7-5-8-12-18)17-22(27)21(25-4)16-19-13-9-6-10-14-19/h5-14,20-22,25,27H,15-17H2,1-4H3,(H,26,28)/t20-,21-,22?/m1/s1. The summed E-state index contributed by atoms with van der Waals surface area (Å²) in [7, 11) is 1.85. The Morgan fingerprint density at radius 2 is 1.48 bits per heavy atom. The van der Waals surface area contributed by atoms with Gasteiger partial charge in [-0.1, -0.05) is 60.7 Å². The van der Waals surface area contributed by atoms with Gasteiger partial charge in [0.05, 0.1) is 6.10 Å². The Bertz CT molecular complexity index is 729. The number of likely N-dealkylation sites (N-methyl/N-ethyl adjacent to an activating group) is 1. The zero-order chi connectivity index (χ0) is 21.3. The Kier molecular flexibility index (Phi) is 8.68. The van der Waals surface area contributed by atoms with Gasteiger partial charge in [-0.25, -0.2) is 4.79 Å². The first-order valence-corrected chi connectivity index (χ1v) is 10.2. The van der Waals surface area contributed by atoms with Crippen LogP contribution in [-0.2, 0) is 17.6 Å². The predicted molar refractivity (Wildman–Crippen MR) is 117 cm³/mol. The van der Waals surface area contributed by atoms with E-state index in [1.165, 1.54) is 0 Å². The molecule has 0 radical (unpaired) electrons. The topological polar surface area (TPSA) is 70.6 Å². The van der Waals surface area contributed by atoms with E-state index in [9.17, 15) is 9.90 Å². The number of aliphatic hydroxyl groups excluding tert-OH is 1. The van der Waals surface area contributed by atoms with E-state index >= 15 is 0 Å². The molecule has 158 valence electrons. The molecule has 0 aliphatic heterocycles. The number of rotatable bonds is 9. The van der Waals surface area contributed by atoms with Crippen LogP contribution in [0, 0.1) is 0 Å². The van der Waals surface area contributed by atoms with Crippen LogP contribution in [0.4, 0.5) is 4.79 Å². The molecule has 0 saturated carbocycles. The van der Waals surface area contributed by atoms with Gasteiger partial charge in [0.15, 0.2) is 0 Å². The molecule has 0 saturated heterocycles. The normalized spacial score (nSPS) is 14.7. The molecule has 5 heteroatoms. The van der Waals surface area contributed by atoms with Crippen molar-refractivity contribution in [3.63, 3.8) is 0 Å². The monoisotopic (exact) mass is 398 g/mol. The smallest absolute Gasteiger partial charge is 0.407 e. The molecule has 2 rings (SSSR count). The minimum atomic E-state index is -0.621. The summed E-state index contributed by atoms with van der Waals surface area (Å²) in [6.45, 7) is 5.51. The van der Waals surface area contributed by atoms with E-state index in [1.807, 2.05) is 76.3 Å². The molecule has 0 spiro atoms. The van der Waals surface area contributed by atoms with Crippen molar-refractivity contribution >= 4 is 6.09 Å². The third-order valence-corrected chi connectivity index (χ3v) is 4.71. The summed E-state index contributed by atoms with van der Waals surface area (Å²) in [5.41, 5.74) is 1.69. The van der Waals surface area contributed by atoms with Crippen molar-refractivity contribution in [2.24, 2.45) is 0 Å². The molecule has 2 aromatic rings. The van der Waals surface area contributed by atoms with Crippen LogP contribution < -0.4 is 10.6 Å². The molecule has 0 aromatic heterocycles. The molecule has 2 aromatic carbocycles. The highest BCUT2D eigenvalue weighted by molar-refractivity contribution is 5.68. The maximum absolute atomic E-state index is 12.3. The van der Waals surface area contributed by atoms with Crippen LogP contribution in [-0.4, -0.2) is 42.0 Å². The SMILES string of the molecule is CN[C@H](Cc1ccccc1)C(O)C[C@@H](Cc1ccccc1)NC(=O)OC(C)(C)C. The average molecular weight is 399 g/mol. The van der Waals surface area contributed by atoms with Gasteiger partial charge >= 0.3 is 6.09 Å².